The Bertz CT molecular complexity index is 1200. The number of rotatable bonds is 9. The van der Waals surface area contributed by atoms with Crippen molar-refractivity contribution in [2.75, 3.05) is 23.7 Å². The summed E-state index contributed by atoms with van der Waals surface area (Å²) in [6, 6.07) is 11.4. The van der Waals surface area contributed by atoms with Gasteiger partial charge in [0.25, 0.3) is 0 Å². The maximum Gasteiger partial charge on any atom is 0.312 e. The van der Waals surface area contributed by atoms with E-state index in [2.05, 4.69) is 16.3 Å². The van der Waals surface area contributed by atoms with Crippen molar-refractivity contribution >= 4 is 48.9 Å². The lowest BCUT2D eigenvalue weighted by atomic mass is 10.0. The van der Waals surface area contributed by atoms with Crippen LogP contribution in [0.4, 0.5) is 10.8 Å². The van der Waals surface area contributed by atoms with Crippen LogP contribution in [0.1, 0.15) is 30.6 Å². The number of aromatic nitrogens is 1. The summed E-state index contributed by atoms with van der Waals surface area (Å²) in [5, 5.41) is 2.41. The number of ether oxygens (including phenoxy) is 1. The second kappa shape index (κ2) is 9.49. The summed E-state index contributed by atoms with van der Waals surface area (Å²) in [6.07, 6.45) is 2.33. The van der Waals surface area contributed by atoms with Gasteiger partial charge in [0.15, 0.2) is 5.13 Å². The van der Waals surface area contributed by atoms with Crippen LogP contribution in [0.15, 0.2) is 54.4 Å². The highest BCUT2D eigenvalue weighted by Crippen LogP contribution is 2.35. The van der Waals surface area contributed by atoms with Crippen molar-refractivity contribution in [3.63, 3.8) is 0 Å². The van der Waals surface area contributed by atoms with Crippen molar-refractivity contribution in [3.8, 4) is 5.88 Å². The fraction of sp³-hybridized carbons (Fsp3) is 0.273. The molecule has 1 heterocycles. The van der Waals surface area contributed by atoms with Crippen LogP contribution in [0.25, 0.3) is 10.8 Å². The zero-order valence-electron chi connectivity index (χ0n) is 17.7. The Morgan fingerprint density at radius 2 is 1.97 bits per heavy atom. The van der Waals surface area contributed by atoms with Gasteiger partial charge in [0.2, 0.25) is 15.9 Å². The van der Waals surface area contributed by atoms with E-state index in [1.54, 1.807) is 6.07 Å². The van der Waals surface area contributed by atoms with Gasteiger partial charge >= 0.3 is 5.97 Å². The first-order valence-corrected chi connectivity index (χ1v) is 12.2. The zero-order chi connectivity index (χ0) is 22.6. The van der Waals surface area contributed by atoms with E-state index >= 15 is 0 Å². The maximum atomic E-state index is 13.2. The minimum absolute atomic E-state index is 0.0806. The molecule has 1 atom stereocenters. The Hall–Kier alpha value is -2.91. The smallest absolute Gasteiger partial charge is 0.312 e. The average Bonchev–Trinajstić information content (AvgIpc) is 3.13. The number of esters is 1. The van der Waals surface area contributed by atoms with Crippen LogP contribution in [0.5, 0.6) is 5.88 Å². The molecule has 164 valence electrons. The monoisotopic (exact) mass is 459 g/mol. The number of fused-ring (bicyclic) bond motifs is 1. The van der Waals surface area contributed by atoms with Gasteiger partial charge in [-0.15, -0.1) is 17.9 Å². The molecule has 0 amide bonds. The molecule has 0 radical (unpaired) electrons. The molecule has 9 heteroatoms. The standard InChI is InChI=1S/C22H25N3O4S2/c1-5-9-21(26)29-20-14-30-22(23-20)24-31(27,28)19(6-2)17-12-7-11-16-15(17)10-8-13-18(16)25(3)4/h6-8,10-14,19H,2,5,9H2,1,3-4H3,(H,23,24). The van der Waals surface area contributed by atoms with Gasteiger partial charge in [0, 0.05) is 31.6 Å². The summed E-state index contributed by atoms with van der Waals surface area (Å²) >= 11 is 1.05. The molecule has 7 nitrogen and oxygen atoms in total. The van der Waals surface area contributed by atoms with Crippen molar-refractivity contribution in [2.24, 2.45) is 0 Å². The lowest BCUT2D eigenvalue weighted by Gasteiger charge is -2.20. The number of carbonyl (C=O) groups is 1. The Morgan fingerprint density at radius 3 is 2.65 bits per heavy atom. The van der Waals surface area contributed by atoms with Crippen LogP contribution >= 0.6 is 11.3 Å². The van der Waals surface area contributed by atoms with Gasteiger partial charge in [-0.25, -0.2) is 8.42 Å². The Kier molecular flexibility index (Phi) is 6.97. The summed E-state index contributed by atoms with van der Waals surface area (Å²) < 4.78 is 34.0. The van der Waals surface area contributed by atoms with Crippen molar-refractivity contribution in [1.29, 1.82) is 0 Å². The van der Waals surface area contributed by atoms with Crippen LogP contribution in [0.3, 0.4) is 0 Å². The average molecular weight is 460 g/mol. The number of thiazole rings is 1. The zero-order valence-corrected chi connectivity index (χ0v) is 19.3. The van der Waals surface area contributed by atoms with Crippen LogP contribution in [0, 0.1) is 0 Å². The highest BCUT2D eigenvalue weighted by atomic mass is 32.2. The third-order valence-corrected chi connectivity index (χ3v) is 7.11. The molecule has 0 saturated heterocycles. The molecule has 0 aliphatic heterocycles. The van der Waals surface area contributed by atoms with E-state index < -0.39 is 21.2 Å². The number of hydrogen-bond donors (Lipinski definition) is 1. The summed E-state index contributed by atoms with van der Waals surface area (Å²) in [5.41, 5.74) is 1.61. The van der Waals surface area contributed by atoms with E-state index in [9.17, 15) is 13.2 Å². The predicted molar refractivity (Wildman–Crippen MR) is 126 cm³/mol. The van der Waals surface area contributed by atoms with E-state index in [1.165, 1.54) is 11.5 Å². The van der Waals surface area contributed by atoms with E-state index in [0.717, 1.165) is 27.8 Å². The number of hydrogen-bond acceptors (Lipinski definition) is 7. The first-order valence-electron chi connectivity index (χ1n) is 9.76. The molecule has 0 bridgehead atoms. The van der Waals surface area contributed by atoms with Gasteiger partial charge in [-0.05, 0) is 23.4 Å². The number of anilines is 2. The summed E-state index contributed by atoms with van der Waals surface area (Å²) in [7, 11) is -0.0176. The molecule has 3 aromatic rings. The van der Waals surface area contributed by atoms with Gasteiger partial charge in [-0.1, -0.05) is 43.3 Å². The number of nitrogens with one attached hydrogen (secondary N) is 1. The van der Waals surface area contributed by atoms with Crippen molar-refractivity contribution < 1.29 is 17.9 Å². The number of benzene rings is 2. The normalized spacial score (nSPS) is 12.4. The summed E-state index contributed by atoms with van der Waals surface area (Å²) in [4.78, 5) is 17.7. The van der Waals surface area contributed by atoms with Crippen molar-refractivity contribution in [3.05, 3.63) is 60.0 Å². The molecule has 0 saturated carbocycles. The minimum Gasteiger partial charge on any atom is -0.406 e. The largest absolute Gasteiger partial charge is 0.406 e. The molecule has 1 N–H and O–H groups in total. The molecule has 0 aliphatic rings. The third-order valence-electron chi connectivity index (χ3n) is 4.65. The van der Waals surface area contributed by atoms with Crippen LogP contribution in [-0.4, -0.2) is 33.5 Å². The van der Waals surface area contributed by atoms with E-state index in [1.807, 2.05) is 56.3 Å². The van der Waals surface area contributed by atoms with Crippen LogP contribution < -0.4 is 14.4 Å². The molecule has 0 fully saturated rings. The van der Waals surface area contributed by atoms with Crippen molar-refractivity contribution in [1.82, 2.24) is 4.98 Å². The SMILES string of the molecule is C=CC(c1cccc2c(N(C)C)cccc12)S(=O)(=O)Nc1nc(OC(=O)CCC)cs1. The first-order chi connectivity index (χ1) is 14.8. The lowest BCUT2D eigenvalue weighted by Crippen LogP contribution is -2.20. The second-order valence-electron chi connectivity index (χ2n) is 7.13. The Morgan fingerprint density at radius 1 is 1.26 bits per heavy atom. The first kappa shape index (κ1) is 22.8. The quantitative estimate of drug-likeness (QED) is 0.367. The van der Waals surface area contributed by atoms with Gasteiger partial charge in [-0.3, -0.25) is 9.52 Å². The number of nitrogens with zero attached hydrogens (tertiary/aromatic N) is 2. The van der Waals surface area contributed by atoms with Gasteiger partial charge in [0.05, 0.1) is 5.38 Å². The molecular weight excluding hydrogens is 434 g/mol. The lowest BCUT2D eigenvalue weighted by molar-refractivity contribution is -0.134. The second-order valence-corrected chi connectivity index (χ2v) is 9.79. The minimum atomic E-state index is -3.90. The number of sulfonamides is 1. The van der Waals surface area contributed by atoms with E-state index in [0.29, 0.717) is 12.0 Å². The topological polar surface area (TPSA) is 88.6 Å². The molecule has 0 aliphatic carbocycles. The van der Waals surface area contributed by atoms with E-state index in [-0.39, 0.29) is 17.4 Å². The molecule has 0 spiro atoms. The highest BCUT2D eigenvalue weighted by Gasteiger charge is 2.27. The maximum absolute atomic E-state index is 13.2. The Labute approximate surface area is 186 Å². The van der Waals surface area contributed by atoms with Gasteiger partial charge < -0.3 is 9.64 Å². The van der Waals surface area contributed by atoms with Gasteiger partial charge in [0.1, 0.15) is 5.25 Å². The predicted octanol–water partition coefficient (Wildman–Crippen LogP) is 4.74. The third kappa shape index (κ3) is 5.05. The molecule has 3 rings (SSSR count). The fourth-order valence-corrected chi connectivity index (χ4v) is 5.49. The Balaban J connectivity index is 1.92. The molecule has 2 aromatic carbocycles. The fourth-order valence-electron chi connectivity index (χ4n) is 3.29. The summed E-state index contributed by atoms with van der Waals surface area (Å²) in [6.45, 7) is 5.63. The molecular formula is C22H25N3O4S2. The number of carbonyl (C=O) groups excluding carboxylic acids is 1. The van der Waals surface area contributed by atoms with Crippen LogP contribution in [0.2, 0.25) is 0 Å². The highest BCUT2D eigenvalue weighted by molar-refractivity contribution is 7.93. The van der Waals surface area contributed by atoms with Crippen LogP contribution in [-0.2, 0) is 14.8 Å². The summed E-state index contributed by atoms with van der Waals surface area (Å²) in [5.74, 6) is -0.323. The molecule has 1 aromatic heterocycles. The van der Waals surface area contributed by atoms with Crippen molar-refractivity contribution in [2.45, 2.75) is 25.0 Å². The van der Waals surface area contributed by atoms with E-state index in [4.69, 9.17) is 4.74 Å². The molecule has 1 unspecified atom stereocenters. The van der Waals surface area contributed by atoms with Gasteiger partial charge in [-0.2, -0.15) is 4.98 Å². The molecule has 31 heavy (non-hydrogen) atoms.